The van der Waals surface area contributed by atoms with E-state index in [1.807, 2.05) is 0 Å². The topological polar surface area (TPSA) is 59.1 Å². The molecule has 5 rings (SSSR count). The molecule has 3 aromatic carbocycles. The fraction of sp³-hybridized carbons (Fsp3) is 0.355. The lowest BCUT2D eigenvalue weighted by Crippen LogP contribution is -2.55. The Bertz CT molecular complexity index is 1240. The molecule has 0 saturated carbocycles. The van der Waals surface area contributed by atoms with Crippen molar-refractivity contribution in [2.45, 2.75) is 31.8 Å². The molecule has 2 aliphatic heterocycles. The van der Waals surface area contributed by atoms with Gasteiger partial charge < -0.3 is 14.4 Å². The molecule has 1 amide bonds. The van der Waals surface area contributed by atoms with E-state index in [4.69, 9.17) is 9.47 Å². The molecule has 0 bridgehead atoms. The van der Waals surface area contributed by atoms with Gasteiger partial charge in [-0.25, -0.2) is 0 Å². The van der Waals surface area contributed by atoms with E-state index in [9.17, 15) is 9.59 Å². The highest BCUT2D eigenvalue weighted by Crippen LogP contribution is 2.32. The number of ketones is 1. The average molecular weight is 499 g/mol. The van der Waals surface area contributed by atoms with Gasteiger partial charge in [-0.3, -0.25) is 14.5 Å². The lowest BCUT2D eigenvalue weighted by atomic mass is 9.83. The number of carbonyl (C=O) groups excluding carboxylic acids is 2. The third-order valence-corrected chi connectivity index (χ3v) is 7.71. The number of nitrogens with zero attached hydrogens (tertiary/aromatic N) is 2. The van der Waals surface area contributed by atoms with Gasteiger partial charge in [0.15, 0.2) is 5.78 Å². The molecule has 0 N–H and O–H groups in total. The molecule has 192 valence electrons. The normalized spacial score (nSPS) is 19.7. The van der Waals surface area contributed by atoms with Gasteiger partial charge >= 0.3 is 0 Å². The molecule has 37 heavy (non-hydrogen) atoms. The Hall–Kier alpha value is -3.64. The quantitative estimate of drug-likeness (QED) is 0.426. The van der Waals surface area contributed by atoms with Crippen molar-refractivity contribution in [3.8, 4) is 11.5 Å². The first-order valence-electron chi connectivity index (χ1n) is 13.0. The Kier molecular flexibility index (Phi) is 7.56. The molecule has 0 unspecified atom stereocenters. The summed E-state index contributed by atoms with van der Waals surface area (Å²) in [5.41, 5.74) is 2.91. The molecule has 2 heterocycles. The first-order valence-corrected chi connectivity index (χ1v) is 13.0. The molecule has 6 nitrogen and oxygen atoms in total. The van der Waals surface area contributed by atoms with E-state index in [2.05, 4.69) is 40.1 Å². The maximum atomic E-state index is 13.6. The van der Waals surface area contributed by atoms with Gasteiger partial charge in [-0.2, -0.15) is 0 Å². The average Bonchev–Trinajstić information content (AvgIpc) is 2.96. The highest BCUT2D eigenvalue weighted by molar-refractivity contribution is 6.11. The number of piperidine rings is 2. The van der Waals surface area contributed by atoms with Crippen molar-refractivity contribution in [1.82, 2.24) is 9.80 Å². The van der Waals surface area contributed by atoms with E-state index < -0.39 is 0 Å². The van der Waals surface area contributed by atoms with Crippen LogP contribution in [0.1, 0.15) is 51.1 Å². The second kappa shape index (κ2) is 11.2. The summed E-state index contributed by atoms with van der Waals surface area (Å²) >= 11 is 0. The first kappa shape index (κ1) is 25.0. The Labute approximate surface area is 218 Å². The largest absolute Gasteiger partial charge is 0.497 e. The van der Waals surface area contributed by atoms with E-state index in [0.29, 0.717) is 34.1 Å². The number of ether oxygens (including phenoxy) is 2. The second-order valence-corrected chi connectivity index (χ2v) is 9.95. The monoisotopic (exact) mass is 498 g/mol. The molecule has 2 aliphatic rings. The Balaban J connectivity index is 1.27. The fourth-order valence-corrected chi connectivity index (χ4v) is 5.79. The van der Waals surface area contributed by atoms with Crippen molar-refractivity contribution in [1.29, 1.82) is 0 Å². The van der Waals surface area contributed by atoms with E-state index in [-0.39, 0.29) is 17.7 Å². The maximum Gasteiger partial charge on any atom is 0.254 e. The lowest BCUT2D eigenvalue weighted by Gasteiger charge is -2.47. The number of rotatable bonds is 7. The maximum absolute atomic E-state index is 13.6. The molecule has 0 aliphatic carbocycles. The zero-order valence-electron chi connectivity index (χ0n) is 21.6. The van der Waals surface area contributed by atoms with Crippen LogP contribution in [0.15, 0.2) is 72.8 Å². The number of hydrogen-bond donors (Lipinski definition) is 0. The van der Waals surface area contributed by atoms with Gasteiger partial charge in [0.1, 0.15) is 11.5 Å². The number of carbonyl (C=O) groups is 2. The van der Waals surface area contributed by atoms with Crippen molar-refractivity contribution in [3.63, 3.8) is 0 Å². The minimum absolute atomic E-state index is 0.0594. The summed E-state index contributed by atoms with van der Waals surface area (Å²) in [6.45, 7) is 3.78. The van der Waals surface area contributed by atoms with Crippen molar-refractivity contribution in [2.24, 2.45) is 5.92 Å². The van der Waals surface area contributed by atoms with Crippen molar-refractivity contribution in [3.05, 3.63) is 95.1 Å². The Morgan fingerprint density at radius 1 is 0.865 bits per heavy atom. The van der Waals surface area contributed by atoms with Crippen LogP contribution in [0.25, 0.3) is 0 Å². The second-order valence-electron chi connectivity index (χ2n) is 9.95. The van der Waals surface area contributed by atoms with Crippen LogP contribution < -0.4 is 9.47 Å². The Morgan fingerprint density at radius 2 is 1.62 bits per heavy atom. The van der Waals surface area contributed by atoms with Crippen LogP contribution in [0, 0.1) is 5.92 Å². The van der Waals surface area contributed by atoms with Crippen molar-refractivity contribution >= 4 is 11.7 Å². The van der Waals surface area contributed by atoms with Crippen LogP contribution in [0.5, 0.6) is 11.5 Å². The predicted molar refractivity (Wildman–Crippen MR) is 143 cm³/mol. The summed E-state index contributed by atoms with van der Waals surface area (Å²) in [7, 11) is 3.10. The van der Waals surface area contributed by atoms with Gasteiger partial charge in [-0.15, -0.1) is 0 Å². The molecule has 2 atom stereocenters. The van der Waals surface area contributed by atoms with E-state index in [0.717, 1.165) is 45.4 Å². The molecule has 2 fully saturated rings. The highest BCUT2D eigenvalue weighted by Gasteiger charge is 2.38. The molecule has 0 spiro atoms. The highest BCUT2D eigenvalue weighted by atomic mass is 16.5. The molecule has 6 heteroatoms. The minimum Gasteiger partial charge on any atom is -0.497 e. The predicted octanol–water partition coefficient (Wildman–Crippen LogP) is 5.06. The molecule has 0 radical (unpaired) electrons. The van der Waals surface area contributed by atoms with Crippen LogP contribution in [0.4, 0.5) is 0 Å². The summed E-state index contributed by atoms with van der Waals surface area (Å²) in [5.74, 6) is 1.47. The van der Waals surface area contributed by atoms with Gasteiger partial charge in [0.05, 0.1) is 19.8 Å². The molecule has 2 saturated heterocycles. The number of hydrogen-bond acceptors (Lipinski definition) is 5. The molecule has 0 aromatic heterocycles. The third kappa shape index (κ3) is 5.39. The first-order chi connectivity index (χ1) is 18.1. The number of likely N-dealkylation sites (tertiary alicyclic amines) is 2. The lowest BCUT2D eigenvalue weighted by molar-refractivity contribution is 0.0184. The summed E-state index contributed by atoms with van der Waals surface area (Å²) < 4.78 is 10.7. The van der Waals surface area contributed by atoms with Crippen LogP contribution in [0.3, 0.4) is 0 Å². The summed E-state index contributed by atoms with van der Waals surface area (Å²) in [6, 6.07) is 23.1. The van der Waals surface area contributed by atoms with Gasteiger partial charge in [-0.1, -0.05) is 42.5 Å². The standard InChI is InChI=1S/C31H34N2O4/c1-36-26-14-15-29(37-2)27(19-26)30(34)23-10-12-24(13-11-23)31(35)33-17-6-9-25-21-32(18-16-28(25)33)20-22-7-4-3-5-8-22/h3-5,7-8,10-15,19,25,28H,6,9,16-18,20-21H2,1-2H3/t25-,28+/m1/s1. The van der Waals surface area contributed by atoms with Crippen molar-refractivity contribution < 1.29 is 19.1 Å². The number of methoxy groups -OCH3 is 2. The van der Waals surface area contributed by atoms with Gasteiger partial charge in [-0.05, 0) is 61.1 Å². The number of amides is 1. The zero-order valence-corrected chi connectivity index (χ0v) is 21.6. The van der Waals surface area contributed by atoms with E-state index in [1.165, 1.54) is 5.56 Å². The van der Waals surface area contributed by atoms with E-state index in [1.54, 1.807) is 56.7 Å². The zero-order chi connectivity index (χ0) is 25.8. The van der Waals surface area contributed by atoms with Gasteiger partial charge in [0.2, 0.25) is 0 Å². The molecule has 3 aromatic rings. The molecular weight excluding hydrogens is 464 g/mol. The number of benzene rings is 3. The smallest absolute Gasteiger partial charge is 0.254 e. The van der Waals surface area contributed by atoms with Crippen LogP contribution in [0.2, 0.25) is 0 Å². The number of fused-ring (bicyclic) bond motifs is 1. The van der Waals surface area contributed by atoms with Crippen LogP contribution in [-0.2, 0) is 6.54 Å². The van der Waals surface area contributed by atoms with Crippen molar-refractivity contribution in [2.75, 3.05) is 33.9 Å². The van der Waals surface area contributed by atoms with Crippen LogP contribution >= 0.6 is 0 Å². The van der Waals surface area contributed by atoms with E-state index >= 15 is 0 Å². The summed E-state index contributed by atoms with van der Waals surface area (Å²) in [6.07, 6.45) is 3.18. The van der Waals surface area contributed by atoms with Gasteiger partial charge in [0, 0.05) is 43.3 Å². The molecular formula is C31H34N2O4. The SMILES string of the molecule is COc1ccc(OC)c(C(=O)c2ccc(C(=O)N3CCC[C@@H]4CN(Cc5ccccc5)CC[C@@H]43)cc2)c1. The fourth-order valence-electron chi connectivity index (χ4n) is 5.79. The summed E-state index contributed by atoms with van der Waals surface area (Å²) in [4.78, 5) is 31.3. The Morgan fingerprint density at radius 3 is 2.35 bits per heavy atom. The minimum atomic E-state index is -0.168. The van der Waals surface area contributed by atoms with Crippen LogP contribution in [-0.4, -0.2) is 61.4 Å². The third-order valence-electron chi connectivity index (χ3n) is 7.71. The summed E-state index contributed by atoms with van der Waals surface area (Å²) in [5, 5.41) is 0. The van der Waals surface area contributed by atoms with Gasteiger partial charge in [0.25, 0.3) is 5.91 Å².